The fourth-order valence-electron chi connectivity index (χ4n) is 2.31. The second-order valence-electron chi connectivity index (χ2n) is 5.71. The Morgan fingerprint density at radius 3 is 2.08 bits per heavy atom. The van der Waals surface area contributed by atoms with Gasteiger partial charge < -0.3 is 15.4 Å². The van der Waals surface area contributed by atoms with Crippen LogP contribution < -0.4 is 15.4 Å². The summed E-state index contributed by atoms with van der Waals surface area (Å²) in [6.45, 7) is 5.64. The normalized spacial score (nSPS) is 10.2. The first-order valence-electron chi connectivity index (χ1n) is 7.98. The third kappa shape index (κ3) is 5.60. The maximum Gasteiger partial charge on any atom is 0.262 e. The number of ether oxygens (including phenoxy) is 1. The highest BCUT2D eigenvalue weighted by Crippen LogP contribution is 2.30. The van der Waals surface area contributed by atoms with E-state index in [1.54, 1.807) is 31.2 Å². The first-order chi connectivity index (χ1) is 11.9. The number of nitrogens with one attached hydrogen (secondary N) is 2. The predicted octanol–water partition coefficient (Wildman–Crippen LogP) is 4.43. The molecule has 0 aliphatic rings. The Bertz CT molecular complexity index is 750. The molecule has 2 amide bonds. The molecule has 0 aromatic heterocycles. The van der Waals surface area contributed by atoms with E-state index in [9.17, 15) is 9.59 Å². The van der Waals surface area contributed by atoms with Crippen molar-refractivity contribution in [3.8, 4) is 5.75 Å². The topological polar surface area (TPSA) is 67.4 Å². The monoisotopic (exact) mass is 404 g/mol. The average Bonchev–Trinajstić information content (AvgIpc) is 2.55. The quantitative estimate of drug-likeness (QED) is 0.747. The zero-order valence-corrected chi connectivity index (χ0v) is 16.1. The van der Waals surface area contributed by atoms with Gasteiger partial charge in [0.25, 0.3) is 5.91 Å². The Balaban J connectivity index is 1.91. The van der Waals surface area contributed by atoms with Crippen molar-refractivity contribution in [2.45, 2.75) is 27.2 Å². The van der Waals surface area contributed by atoms with Crippen molar-refractivity contribution in [2.75, 3.05) is 17.2 Å². The van der Waals surface area contributed by atoms with Gasteiger partial charge in [0.1, 0.15) is 5.75 Å². The molecule has 2 rings (SSSR count). The lowest BCUT2D eigenvalue weighted by molar-refractivity contribution is -0.118. The molecule has 6 heteroatoms. The van der Waals surface area contributed by atoms with E-state index in [0.717, 1.165) is 15.6 Å². The molecule has 0 unspecified atom stereocenters. The summed E-state index contributed by atoms with van der Waals surface area (Å²) >= 11 is 3.46. The lowest BCUT2D eigenvalue weighted by Crippen LogP contribution is -2.20. The standard InChI is InChI=1S/C19H21BrN2O3/c1-4-17(23)21-14-5-7-15(8-6-14)22-18(24)11-25-19-13(3)9-12(2)10-16(19)20/h5-10H,4,11H2,1-3H3,(H,21,23)(H,22,24). The minimum Gasteiger partial charge on any atom is -0.482 e. The first-order valence-corrected chi connectivity index (χ1v) is 8.77. The highest BCUT2D eigenvalue weighted by molar-refractivity contribution is 9.10. The van der Waals surface area contributed by atoms with Crippen molar-refractivity contribution in [1.29, 1.82) is 0 Å². The average molecular weight is 405 g/mol. The summed E-state index contributed by atoms with van der Waals surface area (Å²) in [6, 6.07) is 10.9. The lowest BCUT2D eigenvalue weighted by atomic mass is 10.1. The van der Waals surface area contributed by atoms with Crippen LogP contribution in [-0.4, -0.2) is 18.4 Å². The van der Waals surface area contributed by atoms with Crippen molar-refractivity contribution < 1.29 is 14.3 Å². The molecule has 0 fully saturated rings. The second-order valence-corrected chi connectivity index (χ2v) is 6.56. The summed E-state index contributed by atoms with van der Waals surface area (Å²) in [6.07, 6.45) is 0.420. The molecular weight excluding hydrogens is 384 g/mol. The van der Waals surface area contributed by atoms with E-state index in [2.05, 4.69) is 26.6 Å². The number of rotatable bonds is 6. The molecule has 2 aromatic rings. The minimum atomic E-state index is -0.253. The van der Waals surface area contributed by atoms with Crippen LogP contribution in [0.3, 0.4) is 0 Å². The lowest BCUT2D eigenvalue weighted by Gasteiger charge is -2.12. The van der Waals surface area contributed by atoms with Gasteiger partial charge in [-0.1, -0.05) is 13.0 Å². The van der Waals surface area contributed by atoms with Gasteiger partial charge in [0, 0.05) is 17.8 Å². The maximum absolute atomic E-state index is 12.1. The van der Waals surface area contributed by atoms with Crippen LogP contribution in [-0.2, 0) is 9.59 Å². The number of benzene rings is 2. The van der Waals surface area contributed by atoms with Crippen molar-refractivity contribution in [1.82, 2.24) is 0 Å². The van der Waals surface area contributed by atoms with Gasteiger partial charge in [-0.2, -0.15) is 0 Å². The van der Waals surface area contributed by atoms with Gasteiger partial charge in [-0.3, -0.25) is 9.59 Å². The number of carbonyl (C=O) groups is 2. The third-order valence-corrected chi connectivity index (χ3v) is 4.08. The van der Waals surface area contributed by atoms with Crippen LogP contribution in [0, 0.1) is 13.8 Å². The number of anilines is 2. The summed E-state index contributed by atoms with van der Waals surface area (Å²) in [5.41, 5.74) is 3.43. The largest absolute Gasteiger partial charge is 0.482 e. The predicted molar refractivity (Wildman–Crippen MR) is 103 cm³/mol. The van der Waals surface area contributed by atoms with E-state index >= 15 is 0 Å². The Morgan fingerprint density at radius 2 is 1.56 bits per heavy atom. The van der Waals surface area contributed by atoms with Gasteiger partial charge in [0.15, 0.2) is 6.61 Å². The van der Waals surface area contributed by atoms with Crippen molar-refractivity contribution in [3.05, 3.63) is 52.0 Å². The van der Waals surface area contributed by atoms with Crippen LogP contribution >= 0.6 is 15.9 Å². The van der Waals surface area contributed by atoms with Crippen LogP contribution in [0.15, 0.2) is 40.9 Å². The number of halogens is 1. The molecule has 0 saturated heterocycles. The van der Waals surface area contributed by atoms with E-state index in [1.165, 1.54) is 0 Å². The number of carbonyl (C=O) groups excluding carboxylic acids is 2. The Labute approximate surface area is 155 Å². The molecule has 0 radical (unpaired) electrons. The van der Waals surface area contributed by atoms with E-state index in [-0.39, 0.29) is 18.4 Å². The van der Waals surface area contributed by atoms with Crippen LogP contribution in [0.25, 0.3) is 0 Å². The van der Waals surface area contributed by atoms with Crippen LogP contribution in [0.5, 0.6) is 5.75 Å². The zero-order chi connectivity index (χ0) is 18.4. The maximum atomic E-state index is 12.1. The molecule has 25 heavy (non-hydrogen) atoms. The third-order valence-electron chi connectivity index (χ3n) is 3.49. The van der Waals surface area contributed by atoms with Crippen molar-refractivity contribution in [3.63, 3.8) is 0 Å². The Kier molecular flexibility index (Phi) is 6.58. The van der Waals surface area contributed by atoms with Gasteiger partial charge in [0.2, 0.25) is 5.91 Å². The zero-order valence-electron chi connectivity index (χ0n) is 14.5. The molecule has 0 aliphatic carbocycles. The van der Waals surface area contributed by atoms with Gasteiger partial charge in [-0.15, -0.1) is 0 Å². The smallest absolute Gasteiger partial charge is 0.262 e. The van der Waals surface area contributed by atoms with E-state index in [4.69, 9.17) is 4.74 Å². The van der Waals surface area contributed by atoms with E-state index < -0.39 is 0 Å². The molecule has 2 N–H and O–H groups in total. The van der Waals surface area contributed by atoms with E-state index in [0.29, 0.717) is 23.5 Å². The number of hydrogen-bond donors (Lipinski definition) is 2. The molecule has 0 saturated carbocycles. The fourth-order valence-corrected chi connectivity index (χ4v) is 3.09. The number of hydrogen-bond acceptors (Lipinski definition) is 3. The highest BCUT2D eigenvalue weighted by Gasteiger charge is 2.10. The summed E-state index contributed by atoms with van der Waals surface area (Å²) in [4.78, 5) is 23.4. The SMILES string of the molecule is CCC(=O)Nc1ccc(NC(=O)COc2c(C)cc(C)cc2Br)cc1. The molecule has 0 bridgehead atoms. The summed E-state index contributed by atoms with van der Waals surface area (Å²) in [7, 11) is 0. The molecule has 5 nitrogen and oxygen atoms in total. The molecule has 2 aromatic carbocycles. The Morgan fingerprint density at radius 1 is 1.00 bits per heavy atom. The first kappa shape index (κ1) is 19.0. The molecule has 0 aliphatic heterocycles. The molecule has 0 heterocycles. The number of aryl methyl sites for hydroxylation is 2. The van der Waals surface area contributed by atoms with Crippen LogP contribution in [0.1, 0.15) is 24.5 Å². The van der Waals surface area contributed by atoms with Gasteiger partial charge >= 0.3 is 0 Å². The van der Waals surface area contributed by atoms with Gasteiger partial charge in [-0.05, 0) is 71.2 Å². The van der Waals surface area contributed by atoms with Gasteiger partial charge in [-0.25, -0.2) is 0 Å². The Hall–Kier alpha value is -2.34. The van der Waals surface area contributed by atoms with Crippen LogP contribution in [0.2, 0.25) is 0 Å². The number of amides is 2. The van der Waals surface area contributed by atoms with Gasteiger partial charge in [0.05, 0.1) is 4.47 Å². The summed E-state index contributed by atoms with van der Waals surface area (Å²) in [5.74, 6) is 0.361. The molecular formula is C19H21BrN2O3. The molecule has 0 spiro atoms. The molecule has 132 valence electrons. The van der Waals surface area contributed by atoms with E-state index in [1.807, 2.05) is 26.0 Å². The second kappa shape index (κ2) is 8.67. The summed E-state index contributed by atoms with van der Waals surface area (Å²) in [5, 5.41) is 5.52. The van der Waals surface area contributed by atoms with Crippen LogP contribution in [0.4, 0.5) is 11.4 Å². The minimum absolute atomic E-state index is 0.0516. The fraction of sp³-hybridized carbons (Fsp3) is 0.263. The molecule has 0 atom stereocenters. The van der Waals surface area contributed by atoms with Crippen molar-refractivity contribution >= 4 is 39.1 Å². The summed E-state index contributed by atoms with van der Waals surface area (Å²) < 4.78 is 6.46. The highest BCUT2D eigenvalue weighted by atomic mass is 79.9. The van der Waals surface area contributed by atoms with Crippen molar-refractivity contribution in [2.24, 2.45) is 0 Å².